The zero-order valence-electron chi connectivity index (χ0n) is 18.7. The molecule has 0 aliphatic carbocycles. The standard InChI is InChI=1S/C26H24ClN3O3S/c1-18-5-2-3-8-22(18)29-13-11-28(12-14-29)17-30-25(31)24(34-26(30)32)16-21-9-10-23(33-21)19-6-4-7-20(27)15-19/h2-10,15-16H,11-14,17H2,1H3/b24-16+. The van der Waals surface area contributed by atoms with Crippen molar-refractivity contribution in [3.05, 3.63) is 81.9 Å². The number of carbonyl (C=O) groups is 2. The molecule has 2 aliphatic heterocycles. The maximum Gasteiger partial charge on any atom is 0.294 e. The number of aryl methyl sites for hydroxylation is 1. The Labute approximate surface area is 207 Å². The van der Waals surface area contributed by atoms with Crippen LogP contribution in [0.1, 0.15) is 11.3 Å². The van der Waals surface area contributed by atoms with Crippen LogP contribution in [0, 0.1) is 6.92 Å². The SMILES string of the molecule is Cc1ccccc1N1CCN(CN2C(=O)S/C(=C/c3ccc(-c4cccc(Cl)c4)o3)C2=O)CC1. The number of hydrogen-bond donors (Lipinski definition) is 0. The van der Waals surface area contributed by atoms with Crippen LogP contribution >= 0.6 is 23.4 Å². The number of rotatable bonds is 5. The van der Waals surface area contributed by atoms with Gasteiger partial charge in [0.15, 0.2) is 0 Å². The van der Waals surface area contributed by atoms with Gasteiger partial charge in [-0.15, -0.1) is 0 Å². The number of anilines is 1. The first-order valence-electron chi connectivity index (χ1n) is 11.1. The zero-order chi connectivity index (χ0) is 23.7. The molecule has 3 heterocycles. The molecule has 0 atom stereocenters. The fourth-order valence-electron chi connectivity index (χ4n) is 4.23. The normalized spacial score (nSPS) is 18.4. The Morgan fingerprint density at radius 3 is 2.56 bits per heavy atom. The summed E-state index contributed by atoms with van der Waals surface area (Å²) >= 11 is 7.02. The number of benzene rings is 2. The average molecular weight is 494 g/mol. The molecule has 34 heavy (non-hydrogen) atoms. The van der Waals surface area contributed by atoms with Gasteiger partial charge in [-0.05, 0) is 54.6 Å². The highest BCUT2D eigenvalue weighted by molar-refractivity contribution is 8.18. The first-order chi connectivity index (χ1) is 16.5. The summed E-state index contributed by atoms with van der Waals surface area (Å²) < 4.78 is 5.87. The van der Waals surface area contributed by atoms with Crippen LogP contribution in [0.3, 0.4) is 0 Å². The van der Waals surface area contributed by atoms with E-state index in [9.17, 15) is 9.59 Å². The third-order valence-corrected chi connectivity index (χ3v) is 7.20. The summed E-state index contributed by atoms with van der Waals surface area (Å²) in [4.78, 5) is 31.8. The van der Waals surface area contributed by atoms with Gasteiger partial charge in [-0.2, -0.15) is 0 Å². The van der Waals surface area contributed by atoms with Gasteiger partial charge in [-0.25, -0.2) is 0 Å². The number of hydrogen-bond acceptors (Lipinski definition) is 6. The quantitative estimate of drug-likeness (QED) is 0.423. The lowest BCUT2D eigenvalue weighted by atomic mass is 10.1. The number of amides is 2. The molecule has 2 saturated heterocycles. The molecule has 0 spiro atoms. The fraction of sp³-hybridized carbons (Fsp3) is 0.231. The minimum Gasteiger partial charge on any atom is -0.457 e. The van der Waals surface area contributed by atoms with Crippen molar-refractivity contribution in [2.75, 3.05) is 37.7 Å². The smallest absolute Gasteiger partial charge is 0.294 e. The summed E-state index contributed by atoms with van der Waals surface area (Å²) in [5, 5.41) is 0.371. The van der Waals surface area contributed by atoms with Crippen LogP contribution in [0.15, 0.2) is 70.0 Å². The predicted molar refractivity (Wildman–Crippen MR) is 137 cm³/mol. The minimum atomic E-state index is -0.281. The highest BCUT2D eigenvalue weighted by Gasteiger charge is 2.36. The van der Waals surface area contributed by atoms with Gasteiger partial charge in [0.2, 0.25) is 0 Å². The Hall–Kier alpha value is -3.00. The van der Waals surface area contributed by atoms with E-state index in [0.29, 0.717) is 28.1 Å². The van der Waals surface area contributed by atoms with Crippen molar-refractivity contribution in [2.45, 2.75) is 6.92 Å². The second-order valence-corrected chi connectivity index (χ2v) is 9.78. The number of para-hydroxylation sites is 1. The van der Waals surface area contributed by atoms with E-state index in [1.807, 2.05) is 30.3 Å². The summed E-state index contributed by atoms with van der Waals surface area (Å²) in [5.41, 5.74) is 3.35. The number of halogens is 1. The molecule has 0 unspecified atom stereocenters. The van der Waals surface area contributed by atoms with E-state index in [0.717, 1.165) is 43.5 Å². The predicted octanol–water partition coefficient (Wildman–Crippen LogP) is 5.72. The van der Waals surface area contributed by atoms with Crippen LogP contribution in [-0.4, -0.2) is 53.8 Å². The maximum atomic E-state index is 13.0. The number of imide groups is 1. The van der Waals surface area contributed by atoms with E-state index in [2.05, 4.69) is 34.9 Å². The monoisotopic (exact) mass is 493 g/mol. The molecule has 1 aromatic heterocycles. The van der Waals surface area contributed by atoms with Crippen molar-refractivity contribution in [1.82, 2.24) is 9.80 Å². The second-order valence-electron chi connectivity index (χ2n) is 8.36. The Bertz CT molecular complexity index is 1260. The topological polar surface area (TPSA) is 57.0 Å². The van der Waals surface area contributed by atoms with Gasteiger partial charge in [0, 0.05) is 48.5 Å². The van der Waals surface area contributed by atoms with Crippen LogP contribution in [0.4, 0.5) is 10.5 Å². The summed E-state index contributed by atoms with van der Waals surface area (Å²) in [6.07, 6.45) is 1.63. The van der Waals surface area contributed by atoms with E-state index in [1.165, 1.54) is 16.2 Å². The molecule has 0 N–H and O–H groups in total. The van der Waals surface area contributed by atoms with Crippen molar-refractivity contribution in [2.24, 2.45) is 0 Å². The van der Waals surface area contributed by atoms with Crippen molar-refractivity contribution < 1.29 is 14.0 Å². The second kappa shape index (κ2) is 9.70. The van der Waals surface area contributed by atoms with E-state index < -0.39 is 0 Å². The molecule has 0 radical (unpaired) electrons. The third kappa shape index (κ3) is 4.78. The lowest BCUT2D eigenvalue weighted by Crippen LogP contribution is -2.51. The van der Waals surface area contributed by atoms with E-state index in [-0.39, 0.29) is 11.1 Å². The molecule has 2 fully saturated rings. The number of thioether (sulfide) groups is 1. The molecular formula is C26H24ClN3O3S. The van der Waals surface area contributed by atoms with E-state index in [1.54, 1.807) is 18.2 Å². The number of piperazine rings is 1. The third-order valence-electron chi connectivity index (χ3n) is 6.05. The molecule has 2 aromatic carbocycles. The Morgan fingerprint density at radius 1 is 1.00 bits per heavy atom. The molecule has 174 valence electrons. The summed E-state index contributed by atoms with van der Waals surface area (Å²) in [7, 11) is 0. The lowest BCUT2D eigenvalue weighted by Gasteiger charge is -2.37. The Morgan fingerprint density at radius 2 is 1.79 bits per heavy atom. The van der Waals surface area contributed by atoms with Crippen molar-refractivity contribution in [3.8, 4) is 11.3 Å². The van der Waals surface area contributed by atoms with Crippen LogP contribution in [0.2, 0.25) is 5.02 Å². The molecule has 6 nitrogen and oxygen atoms in total. The van der Waals surface area contributed by atoms with Crippen LogP contribution in [-0.2, 0) is 4.79 Å². The molecular weight excluding hydrogens is 470 g/mol. The van der Waals surface area contributed by atoms with E-state index in [4.69, 9.17) is 16.0 Å². The van der Waals surface area contributed by atoms with Crippen molar-refractivity contribution >= 4 is 46.3 Å². The first kappa shape index (κ1) is 22.8. The van der Waals surface area contributed by atoms with Gasteiger partial charge < -0.3 is 9.32 Å². The molecule has 3 aromatic rings. The minimum absolute atomic E-state index is 0.251. The van der Waals surface area contributed by atoms with Gasteiger partial charge in [-0.3, -0.25) is 19.4 Å². The highest BCUT2D eigenvalue weighted by atomic mass is 35.5. The van der Waals surface area contributed by atoms with E-state index >= 15 is 0 Å². The summed E-state index contributed by atoms with van der Waals surface area (Å²) in [6.45, 7) is 5.71. The van der Waals surface area contributed by atoms with Crippen LogP contribution < -0.4 is 4.90 Å². The highest BCUT2D eigenvalue weighted by Crippen LogP contribution is 2.34. The molecule has 5 rings (SSSR count). The fourth-order valence-corrected chi connectivity index (χ4v) is 5.23. The Balaban J connectivity index is 1.22. The maximum absolute atomic E-state index is 13.0. The number of nitrogens with zero attached hydrogens (tertiary/aromatic N) is 3. The molecule has 2 aliphatic rings. The van der Waals surface area contributed by atoms with Crippen LogP contribution in [0.25, 0.3) is 17.4 Å². The number of carbonyl (C=O) groups excluding carboxylic acids is 2. The van der Waals surface area contributed by atoms with Gasteiger partial charge in [0.05, 0.1) is 11.6 Å². The van der Waals surface area contributed by atoms with Crippen LogP contribution in [0.5, 0.6) is 0 Å². The number of furan rings is 1. The molecule has 2 amide bonds. The Kier molecular flexibility index (Phi) is 6.50. The zero-order valence-corrected chi connectivity index (χ0v) is 20.3. The average Bonchev–Trinajstić information content (AvgIpc) is 3.40. The summed E-state index contributed by atoms with van der Waals surface area (Å²) in [5.74, 6) is 0.892. The lowest BCUT2D eigenvalue weighted by molar-refractivity contribution is -0.124. The van der Waals surface area contributed by atoms with Gasteiger partial charge >= 0.3 is 0 Å². The molecule has 8 heteroatoms. The molecule has 0 bridgehead atoms. The van der Waals surface area contributed by atoms with Crippen molar-refractivity contribution in [3.63, 3.8) is 0 Å². The van der Waals surface area contributed by atoms with Crippen molar-refractivity contribution in [1.29, 1.82) is 0 Å². The largest absolute Gasteiger partial charge is 0.457 e. The molecule has 0 saturated carbocycles. The van der Waals surface area contributed by atoms with Gasteiger partial charge in [0.1, 0.15) is 11.5 Å². The van der Waals surface area contributed by atoms with Gasteiger partial charge in [0.25, 0.3) is 11.1 Å². The summed E-state index contributed by atoms with van der Waals surface area (Å²) in [6, 6.07) is 19.3. The first-order valence-corrected chi connectivity index (χ1v) is 12.3. The van der Waals surface area contributed by atoms with Gasteiger partial charge in [-0.1, -0.05) is 41.9 Å².